The van der Waals surface area contributed by atoms with Gasteiger partial charge in [0.25, 0.3) is 0 Å². The van der Waals surface area contributed by atoms with Crippen LogP contribution in [0, 0.1) is 5.82 Å². The number of benzene rings is 1. The fourth-order valence-electron chi connectivity index (χ4n) is 3.45. The maximum absolute atomic E-state index is 14.4. The molecular formula is C25H29ClFN2O4S+. The van der Waals surface area contributed by atoms with Gasteiger partial charge in [0.2, 0.25) is 5.75 Å². The number of thiol groups is 1. The second-order valence-corrected chi connectivity index (χ2v) is 10.8. The van der Waals surface area contributed by atoms with Gasteiger partial charge in [-0.3, -0.25) is 9.20 Å². The Bertz CT molecular complexity index is 1260. The van der Waals surface area contributed by atoms with Gasteiger partial charge in [0, 0.05) is 19.0 Å². The maximum Gasteiger partial charge on any atom is 0.360 e. The monoisotopic (exact) mass is 507 g/mol. The van der Waals surface area contributed by atoms with Crippen molar-refractivity contribution >= 4 is 35.0 Å². The fraction of sp³-hybridized carbons (Fsp3) is 0.400. The van der Waals surface area contributed by atoms with E-state index < -0.39 is 17.3 Å². The number of carbonyl (C=O) groups excluding carboxylic acids is 1. The molecule has 2 heterocycles. The van der Waals surface area contributed by atoms with Gasteiger partial charge in [0.05, 0.1) is 24.5 Å². The van der Waals surface area contributed by atoms with Crippen LogP contribution in [0.2, 0.25) is 5.02 Å². The minimum atomic E-state index is -0.751. The average Bonchev–Trinajstić information content (AvgIpc) is 2.82. The van der Waals surface area contributed by atoms with E-state index in [1.54, 1.807) is 30.5 Å². The molecule has 0 spiro atoms. The van der Waals surface area contributed by atoms with Crippen LogP contribution in [0.4, 0.5) is 4.39 Å². The molecule has 0 unspecified atom stereocenters. The van der Waals surface area contributed by atoms with Crippen molar-refractivity contribution in [2.45, 2.75) is 50.9 Å². The van der Waals surface area contributed by atoms with Gasteiger partial charge in [0.1, 0.15) is 16.2 Å². The summed E-state index contributed by atoms with van der Waals surface area (Å²) >= 11 is 7.15. The lowest BCUT2D eigenvalue weighted by Gasteiger charge is -2.20. The summed E-state index contributed by atoms with van der Waals surface area (Å²) in [5.41, 5.74) is 0.638. The van der Waals surface area contributed by atoms with Crippen molar-refractivity contribution < 1.29 is 18.7 Å². The fourth-order valence-corrected chi connectivity index (χ4v) is 3.99. The molecule has 0 radical (unpaired) electrons. The highest BCUT2D eigenvalue weighted by atomic mass is 35.5. The Hall–Kier alpha value is -2.58. The third-order valence-corrected chi connectivity index (χ3v) is 7.46. The highest BCUT2D eigenvalue weighted by Crippen LogP contribution is 2.23. The molecule has 0 N–H and O–H groups in total. The van der Waals surface area contributed by atoms with Crippen molar-refractivity contribution in [3.05, 3.63) is 74.5 Å². The van der Waals surface area contributed by atoms with E-state index >= 15 is 0 Å². The van der Waals surface area contributed by atoms with E-state index in [4.69, 9.17) is 21.1 Å². The number of fused-ring (bicyclic) bond motifs is 1. The number of pyridine rings is 1. The van der Waals surface area contributed by atoms with Gasteiger partial charge in [0.15, 0.2) is 5.69 Å². The van der Waals surface area contributed by atoms with E-state index in [0.717, 1.165) is 6.42 Å². The zero-order valence-electron chi connectivity index (χ0n) is 19.9. The Labute approximate surface area is 207 Å². The topological polar surface area (TPSA) is 69.9 Å². The number of carbonyl (C=O) groups is 1. The molecule has 34 heavy (non-hydrogen) atoms. The molecule has 0 amide bonds. The van der Waals surface area contributed by atoms with Gasteiger partial charge < -0.3 is 9.47 Å². The molecule has 0 aliphatic carbocycles. The first-order chi connectivity index (χ1) is 16.1. The lowest BCUT2D eigenvalue weighted by Crippen LogP contribution is -2.28. The Morgan fingerprint density at radius 1 is 1.29 bits per heavy atom. The van der Waals surface area contributed by atoms with Gasteiger partial charge in [-0.15, -0.1) is 0 Å². The van der Waals surface area contributed by atoms with Crippen LogP contribution in [-0.2, 0) is 22.9 Å². The minimum Gasteiger partial charge on any atom is -0.483 e. The second kappa shape index (κ2) is 10.8. The molecule has 1 atom stereocenters. The van der Waals surface area contributed by atoms with Gasteiger partial charge in [-0.05, 0) is 62.2 Å². The van der Waals surface area contributed by atoms with Gasteiger partial charge in [-0.1, -0.05) is 29.8 Å². The molecule has 9 heteroatoms. The highest BCUT2D eigenvalue weighted by molar-refractivity contribution is 7.79. The number of aromatic nitrogens is 2. The number of esters is 1. The Kier molecular flexibility index (Phi) is 8.25. The molecule has 1 aromatic carbocycles. The molecule has 2 aromatic heterocycles. The quantitative estimate of drug-likeness (QED) is 0.240. The summed E-state index contributed by atoms with van der Waals surface area (Å²) in [6.45, 7) is 6.19. The van der Waals surface area contributed by atoms with E-state index in [-0.39, 0.29) is 39.4 Å². The highest BCUT2D eigenvalue weighted by Gasteiger charge is 2.27. The predicted octanol–water partition coefficient (Wildman–Crippen LogP) is 4.64. The molecule has 0 aliphatic rings. The summed E-state index contributed by atoms with van der Waals surface area (Å²) in [5.74, 6) is -1.41. The number of halogens is 2. The van der Waals surface area contributed by atoms with E-state index in [2.05, 4.69) is 25.1 Å². The SMILES string of the molecule is COC(=O)c1nc2ccc(Cc3cccc(Cl)c3F)cn2c(=O)c1O[C@@H](C)CCC(C)(C)[SH+]C. The van der Waals surface area contributed by atoms with E-state index in [1.165, 1.54) is 29.3 Å². The summed E-state index contributed by atoms with van der Waals surface area (Å²) in [5, 5.41) is 0.0373. The Morgan fingerprint density at radius 3 is 2.71 bits per heavy atom. The van der Waals surface area contributed by atoms with Crippen LogP contribution >= 0.6 is 11.6 Å². The van der Waals surface area contributed by atoms with Crippen molar-refractivity contribution in [2.24, 2.45) is 0 Å². The number of hydrogen-bond donors (Lipinski definition) is 0. The number of rotatable bonds is 9. The standard InChI is InChI=1S/C25H28ClFN2O4S/c1-15(11-12-25(2,3)34-5)33-22-21(24(31)32-4)28-19-10-9-16(14-29(19)23(22)30)13-17-7-6-8-18(26)20(17)27/h6-10,14-15H,11-13H2,1-5H3/p+1/t15-/m0/s1. The van der Waals surface area contributed by atoms with Crippen LogP contribution < -0.4 is 10.3 Å². The molecule has 0 saturated heterocycles. The first-order valence-electron chi connectivity index (χ1n) is 10.9. The van der Waals surface area contributed by atoms with Crippen LogP contribution in [0.25, 0.3) is 5.65 Å². The predicted molar refractivity (Wildman–Crippen MR) is 135 cm³/mol. The smallest absolute Gasteiger partial charge is 0.360 e. The summed E-state index contributed by atoms with van der Waals surface area (Å²) in [6.07, 6.45) is 5.17. The van der Waals surface area contributed by atoms with Crippen molar-refractivity contribution in [1.82, 2.24) is 9.38 Å². The molecule has 0 saturated carbocycles. The molecule has 3 aromatic rings. The normalized spacial score (nSPS) is 12.6. The first-order valence-corrected chi connectivity index (χ1v) is 12.6. The van der Waals surface area contributed by atoms with Crippen molar-refractivity contribution in [3.8, 4) is 5.75 Å². The van der Waals surface area contributed by atoms with Gasteiger partial charge >= 0.3 is 11.5 Å². The molecular weight excluding hydrogens is 479 g/mol. The van der Waals surface area contributed by atoms with Crippen molar-refractivity contribution in [2.75, 3.05) is 13.4 Å². The maximum atomic E-state index is 14.4. The number of nitrogens with zero attached hydrogens (tertiary/aromatic N) is 2. The van der Waals surface area contributed by atoms with E-state index in [1.807, 2.05) is 6.92 Å². The van der Waals surface area contributed by atoms with E-state index in [9.17, 15) is 14.0 Å². The molecule has 0 aliphatic heterocycles. The lowest BCUT2D eigenvalue weighted by molar-refractivity contribution is 0.0585. The van der Waals surface area contributed by atoms with Crippen molar-refractivity contribution in [1.29, 1.82) is 0 Å². The minimum absolute atomic E-state index is 0.0373. The summed E-state index contributed by atoms with van der Waals surface area (Å²) in [4.78, 5) is 30.1. The molecule has 0 bridgehead atoms. The third-order valence-electron chi connectivity index (χ3n) is 5.73. The molecule has 6 nitrogen and oxygen atoms in total. The largest absolute Gasteiger partial charge is 0.483 e. The van der Waals surface area contributed by atoms with Crippen LogP contribution in [-0.4, -0.2) is 39.6 Å². The summed E-state index contributed by atoms with van der Waals surface area (Å²) in [6, 6.07) is 8.11. The lowest BCUT2D eigenvalue weighted by atomic mass is 10.0. The third kappa shape index (κ3) is 5.91. The summed E-state index contributed by atoms with van der Waals surface area (Å²) < 4.78 is 26.6. The Balaban J connectivity index is 2.00. The van der Waals surface area contributed by atoms with Crippen molar-refractivity contribution in [3.63, 3.8) is 0 Å². The zero-order valence-corrected chi connectivity index (χ0v) is 21.5. The second-order valence-electron chi connectivity index (χ2n) is 8.74. The van der Waals surface area contributed by atoms with Crippen LogP contribution in [0.3, 0.4) is 0 Å². The molecule has 0 fully saturated rings. The molecule has 182 valence electrons. The van der Waals surface area contributed by atoms with Crippen LogP contribution in [0.5, 0.6) is 5.75 Å². The van der Waals surface area contributed by atoms with Crippen LogP contribution in [0.15, 0.2) is 41.3 Å². The number of ether oxygens (including phenoxy) is 2. The van der Waals surface area contributed by atoms with E-state index in [0.29, 0.717) is 17.5 Å². The number of hydrogen-bond acceptors (Lipinski definition) is 5. The number of methoxy groups -OCH3 is 1. The average molecular weight is 508 g/mol. The summed E-state index contributed by atoms with van der Waals surface area (Å²) in [7, 11) is 1.23. The van der Waals surface area contributed by atoms with Crippen LogP contribution in [0.1, 0.15) is 55.2 Å². The Morgan fingerprint density at radius 2 is 2.03 bits per heavy atom. The molecule has 3 rings (SSSR count). The first kappa shape index (κ1) is 26.0. The zero-order chi connectivity index (χ0) is 25.0. The van der Waals surface area contributed by atoms with Gasteiger partial charge in [-0.25, -0.2) is 14.2 Å². The van der Waals surface area contributed by atoms with Gasteiger partial charge in [-0.2, -0.15) is 0 Å².